The summed E-state index contributed by atoms with van der Waals surface area (Å²) < 4.78 is 5.15. The molecule has 3 rings (SSSR count). The Morgan fingerprint density at radius 3 is 2.83 bits per heavy atom. The third-order valence-electron chi connectivity index (χ3n) is 4.12. The molecule has 1 aromatic carbocycles. The second kappa shape index (κ2) is 6.69. The number of carbonyl (C=O) groups is 2. The summed E-state index contributed by atoms with van der Waals surface area (Å²) in [4.78, 5) is 24.3. The van der Waals surface area contributed by atoms with Gasteiger partial charge in [0.15, 0.2) is 0 Å². The minimum Gasteiger partial charge on any atom is -0.467 e. The quantitative estimate of drug-likeness (QED) is 0.889. The Kier molecular flexibility index (Phi) is 4.46. The third kappa shape index (κ3) is 3.62. The fourth-order valence-electron chi connectivity index (χ4n) is 2.80. The molecule has 1 aliphatic rings. The van der Waals surface area contributed by atoms with Crippen molar-refractivity contribution in [3.8, 4) is 0 Å². The number of hydrogen-bond acceptors (Lipinski definition) is 3. The molecule has 1 heterocycles. The molecule has 0 radical (unpaired) electrons. The average Bonchev–Trinajstić information content (AvgIpc) is 3.22. The summed E-state index contributed by atoms with van der Waals surface area (Å²) in [5.74, 6) is 0.215. The van der Waals surface area contributed by atoms with Crippen molar-refractivity contribution in [2.75, 3.05) is 0 Å². The molecule has 0 spiro atoms. The molecule has 0 bridgehead atoms. The Balaban J connectivity index is 1.55. The van der Waals surface area contributed by atoms with E-state index in [1.54, 1.807) is 25.3 Å². The molecule has 0 fully saturated rings. The van der Waals surface area contributed by atoms with Crippen molar-refractivity contribution >= 4 is 11.8 Å². The van der Waals surface area contributed by atoms with Crippen molar-refractivity contribution < 1.29 is 14.0 Å². The molecule has 1 aromatic heterocycles. The molecule has 0 saturated carbocycles. The molecular weight excluding hydrogens is 292 g/mol. The lowest BCUT2D eigenvalue weighted by molar-refractivity contribution is -0.122. The normalized spacial score (nSPS) is 14.1. The summed E-state index contributed by atoms with van der Waals surface area (Å²) in [7, 11) is 0. The molecule has 1 unspecified atom stereocenters. The van der Waals surface area contributed by atoms with Crippen LogP contribution in [0.1, 0.15) is 40.6 Å². The van der Waals surface area contributed by atoms with Crippen LogP contribution in [0.5, 0.6) is 0 Å². The maximum atomic E-state index is 12.3. The second-order valence-corrected chi connectivity index (χ2v) is 5.83. The lowest BCUT2D eigenvalue weighted by atomic mass is 10.1. The number of amides is 2. The highest BCUT2D eigenvalue weighted by molar-refractivity contribution is 5.97. The van der Waals surface area contributed by atoms with Crippen LogP contribution in [0.25, 0.3) is 0 Å². The predicted octanol–water partition coefficient (Wildman–Crippen LogP) is 2.20. The lowest BCUT2D eigenvalue weighted by Crippen LogP contribution is -2.44. The van der Waals surface area contributed by atoms with Crippen LogP contribution in [0.3, 0.4) is 0 Å². The summed E-state index contributed by atoms with van der Waals surface area (Å²) in [5.41, 5.74) is 3.18. The lowest BCUT2D eigenvalue weighted by Gasteiger charge is -2.14. The highest BCUT2D eigenvalue weighted by atomic mass is 16.3. The number of hydrogen-bond donors (Lipinski definition) is 2. The van der Waals surface area contributed by atoms with E-state index in [4.69, 9.17) is 4.42 Å². The van der Waals surface area contributed by atoms with E-state index in [2.05, 4.69) is 10.6 Å². The Bertz CT molecular complexity index is 707. The Hall–Kier alpha value is -2.56. The molecule has 5 heteroatoms. The van der Waals surface area contributed by atoms with Crippen LogP contribution in [0, 0.1) is 0 Å². The zero-order valence-electron chi connectivity index (χ0n) is 13.1. The van der Waals surface area contributed by atoms with E-state index in [-0.39, 0.29) is 11.8 Å². The van der Waals surface area contributed by atoms with E-state index in [1.165, 1.54) is 11.1 Å². The fraction of sp³-hybridized carbons (Fsp3) is 0.333. The molecule has 2 N–H and O–H groups in total. The van der Waals surface area contributed by atoms with Gasteiger partial charge in [0.05, 0.1) is 12.8 Å². The molecule has 1 atom stereocenters. The molecule has 0 saturated heterocycles. The first-order chi connectivity index (χ1) is 11.1. The number of nitrogens with one attached hydrogen (secondary N) is 2. The van der Waals surface area contributed by atoms with Crippen LogP contribution in [0.2, 0.25) is 0 Å². The Labute approximate surface area is 135 Å². The molecular formula is C18H20N2O3. The van der Waals surface area contributed by atoms with Gasteiger partial charge in [-0.25, -0.2) is 0 Å². The van der Waals surface area contributed by atoms with Crippen LogP contribution >= 0.6 is 0 Å². The van der Waals surface area contributed by atoms with Crippen LogP contribution in [-0.2, 0) is 24.2 Å². The molecule has 2 aromatic rings. The van der Waals surface area contributed by atoms with Crippen molar-refractivity contribution in [3.63, 3.8) is 0 Å². The van der Waals surface area contributed by atoms with E-state index in [9.17, 15) is 9.59 Å². The maximum Gasteiger partial charge on any atom is 0.251 e. The number of rotatable bonds is 5. The van der Waals surface area contributed by atoms with Gasteiger partial charge in [0, 0.05) is 5.56 Å². The average molecular weight is 312 g/mol. The van der Waals surface area contributed by atoms with Crippen molar-refractivity contribution in [1.82, 2.24) is 10.6 Å². The Morgan fingerprint density at radius 2 is 2.04 bits per heavy atom. The summed E-state index contributed by atoms with van der Waals surface area (Å²) in [5, 5.41) is 5.47. The van der Waals surface area contributed by atoms with Crippen molar-refractivity contribution in [2.45, 2.75) is 38.8 Å². The summed E-state index contributed by atoms with van der Waals surface area (Å²) in [6.45, 7) is 1.98. The SMILES string of the molecule is CC(NC(=O)c1ccc2c(c1)CCC2)C(=O)NCc1ccco1. The smallest absolute Gasteiger partial charge is 0.251 e. The summed E-state index contributed by atoms with van der Waals surface area (Å²) in [6, 6.07) is 8.72. The van der Waals surface area contributed by atoms with E-state index < -0.39 is 6.04 Å². The number of aryl methyl sites for hydroxylation is 2. The number of benzene rings is 1. The monoisotopic (exact) mass is 312 g/mol. The second-order valence-electron chi connectivity index (χ2n) is 5.83. The molecule has 2 amide bonds. The van der Waals surface area contributed by atoms with Gasteiger partial charge in [-0.15, -0.1) is 0 Å². The van der Waals surface area contributed by atoms with Gasteiger partial charge in [0.1, 0.15) is 11.8 Å². The van der Waals surface area contributed by atoms with Gasteiger partial charge in [0.2, 0.25) is 5.91 Å². The number of furan rings is 1. The molecule has 1 aliphatic carbocycles. The zero-order chi connectivity index (χ0) is 16.2. The minimum atomic E-state index is -0.606. The van der Waals surface area contributed by atoms with Gasteiger partial charge in [-0.2, -0.15) is 0 Å². The van der Waals surface area contributed by atoms with E-state index in [0.29, 0.717) is 17.9 Å². The van der Waals surface area contributed by atoms with Crippen LogP contribution in [-0.4, -0.2) is 17.9 Å². The first-order valence-corrected chi connectivity index (χ1v) is 7.86. The number of carbonyl (C=O) groups excluding carboxylic acids is 2. The Morgan fingerprint density at radius 1 is 1.22 bits per heavy atom. The first kappa shape index (κ1) is 15.3. The fourth-order valence-corrected chi connectivity index (χ4v) is 2.80. The maximum absolute atomic E-state index is 12.3. The van der Waals surface area contributed by atoms with Crippen molar-refractivity contribution in [1.29, 1.82) is 0 Å². The van der Waals surface area contributed by atoms with Crippen LogP contribution in [0.15, 0.2) is 41.0 Å². The van der Waals surface area contributed by atoms with Crippen LogP contribution in [0.4, 0.5) is 0 Å². The van der Waals surface area contributed by atoms with E-state index in [1.807, 2.05) is 18.2 Å². The highest BCUT2D eigenvalue weighted by Gasteiger charge is 2.18. The molecule has 0 aliphatic heterocycles. The van der Waals surface area contributed by atoms with Crippen molar-refractivity contribution in [2.24, 2.45) is 0 Å². The highest BCUT2D eigenvalue weighted by Crippen LogP contribution is 2.22. The van der Waals surface area contributed by atoms with Gasteiger partial charge >= 0.3 is 0 Å². The minimum absolute atomic E-state index is 0.222. The standard InChI is InChI=1S/C18H20N2O3/c1-12(17(21)19-11-16-6-3-9-23-16)20-18(22)15-8-7-13-4-2-5-14(13)10-15/h3,6-10,12H,2,4-5,11H2,1H3,(H,19,21)(H,20,22). The molecule has 120 valence electrons. The van der Waals surface area contributed by atoms with E-state index in [0.717, 1.165) is 19.3 Å². The van der Waals surface area contributed by atoms with Gasteiger partial charge in [-0.1, -0.05) is 6.07 Å². The van der Waals surface area contributed by atoms with Gasteiger partial charge in [-0.05, 0) is 61.6 Å². The number of fused-ring (bicyclic) bond motifs is 1. The van der Waals surface area contributed by atoms with Gasteiger partial charge < -0.3 is 15.1 Å². The zero-order valence-corrected chi connectivity index (χ0v) is 13.1. The third-order valence-corrected chi connectivity index (χ3v) is 4.12. The topological polar surface area (TPSA) is 71.3 Å². The first-order valence-electron chi connectivity index (χ1n) is 7.86. The summed E-state index contributed by atoms with van der Waals surface area (Å²) >= 11 is 0. The summed E-state index contributed by atoms with van der Waals surface area (Å²) in [6.07, 6.45) is 4.81. The van der Waals surface area contributed by atoms with Gasteiger partial charge in [0.25, 0.3) is 5.91 Å². The molecule has 23 heavy (non-hydrogen) atoms. The van der Waals surface area contributed by atoms with Gasteiger partial charge in [-0.3, -0.25) is 9.59 Å². The molecule has 5 nitrogen and oxygen atoms in total. The van der Waals surface area contributed by atoms with Crippen molar-refractivity contribution in [3.05, 3.63) is 59.0 Å². The van der Waals surface area contributed by atoms with Crippen LogP contribution < -0.4 is 10.6 Å². The van der Waals surface area contributed by atoms with E-state index >= 15 is 0 Å². The predicted molar refractivity (Wildman–Crippen MR) is 85.9 cm³/mol. The largest absolute Gasteiger partial charge is 0.467 e.